The molecule has 2 saturated carbocycles. The third-order valence-corrected chi connectivity index (χ3v) is 4.59. The lowest BCUT2D eigenvalue weighted by Crippen LogP contribution is -2.42. The molecule has 0 aromatic heterocycles. The second kappa shape index (κ2) is 3.83. The predicted molar refractivity (Wildman–Crippen MR) is 53.1 cm³/mol. The number of fused-ring (bicyclic) bond motifs is 1. The number of alkyl halides is 3. The van der Waals surface area contributed by atoms with Gasteiger partial charge in [-0.1, -0.05) is 0 Å². The van der Waals surface area contributed by atoms with E-state index < -0.39 is 6.36 Å². The molecule has 2 aliphatic carbocycles. The Balaban J connectivity index is 1.56. The molecule has 3 aliphatic rings. The molecule has 5 unspecified atom stereocenters. The monoisotopic (exact) mass is 251 g/mol. The maximum Gasteiger partial charge on any atom is 0.522 e. The normalized spacial score (nSPS) is 44.8. The standard InChI is InChI=1S/C11H16F3NO2/c12-11(13,14)17-2-1-15-5-7-3-6-4-8(7)9(15)10(6)16/h6-10,16H,1-5H2. The van der Waals surface area contributed by atoms with Crippen LogP contribution in [0.5, 0.6) is 0 Å². The Morgan fingerprint density at radius 2 is 2.00 bits per heavy atom. The summed E-state index contributed by atoms with van der Waals surface area (Å²) in [7, 11) is 0. The third kappa shape index (κ3) is 1.96. The summed E-state index contributed by atoms with van der Waals surface area (Å²) in [6.45, 7) is 0.752. The number of nitrogens with zero attached hydrogens (tertiary/aromatic N) is 1. The number of rotatable bonds is 3. The molecule has 1 heterocycles. The summed E-state index contributed by atoms with van der Waals surface area (Å²) in [5.41, 5.74) is 0. The van der Waals surface area contributed by atoms with Gasteiger partial charge in [0.05, 0.1) is 12.7 Å². The lowest BCUT2D eigenvalue weighted by atomic mass is 9.88. The van der Waals surface area contributed by atoms with Crippen molar-refractivity contribution in [3.05, 3.63) is 0 Å². The number of aliphatic hydroxyl groups excluding tert-OH is 1. The molecule has 6 heteroatoms. The SMILES string of the molecule is OC1C2CC3CN(CCOC(F)(F)F)C1C3C2. The predicted octanol–water partition coefficient (Wildman–Crippen LogP) is 1.22. The highest BCUT2D eigenvalue weighted by Crippen LogP contribution is 2.54. The Morgan fingerprint density at radius 3 is 2.65 bits per heavy atom. The lowest BCUT2D eigenvalue weighted by Gasteiger charge is -2.28. The van der Waals surface area contributed by atoms with E-state index in [9.17, 15) is 18.3 Å². The molecule has 3 fully saturated rings. The minimum absolute atomic E-state index is 0.0792. The van der Waals surface area contributed by atoms with Crippen LogP contribution < -0.4 is 0 Å². The van der Waals surface area contributed by atoms with Crippen LogP contribution in [0, 0.1) is 17.8 Å². The molecule has 1 N–H and O–H groups in total. The smallest absolute Gasteiger partial charge is 0.391 e. The molecule has 0 aromatic carbocycles. The highest BCUT2D eigenvalue weighted by Gasteiger charge is 2.58. The number of likely N-dealkylation sites (tertiary alicyclic amines) is 1. The van der Waals surface area contributed by atoms with Crippen molar-refractivity contribution in [1.29, 1.82) is 0 Å². The lowest BCUT2D eigenvalue weighted by molar-refractivity contribution is -0.325. The van der Waals surface area contributed by atoms with Gasteiger partial charge in [-0.05, 0) is 30.6 Å². The Bertz CT molecular complexity index is 308. The van der Waals surface area contributed by atoms with E-state index in [0.29, 0.717) is 17.8 Å². The van der Waals surface area contributed by atoms with Crippen LogP contribution in [0.3, 0.4) is 0 Å². The molecule has 5 atom stereocenters. The van der Waals surface area contributed by atoms with Crippen molar-refractivity contribution in [1.82, 2.24) is 4.90 Å². The van der Waals surface area contributed by atoms with Crippen molar-refractivity contribution in [2.24, 2.45) is 17.8 Å². The maximum absolute atomic E-state index is 11.9. The van der Waals surface area contributed by atoms with Crippen LogP contribution in [0.15, 0.2) is 0 Å². The van der Waals surface area contributed by atoms with Crippen molar-refractivity contribution >= 4 is 0 Å². The summed E-state index contributed by atoms with van der Waals surface area (Å²) in [5, 5.41) is 10.0. The molecule has 1 aliphatic heterocycles. The zero-order valence-corrected chi connectivity index (χ0v) is 9.36. The zero-order valence-electron chi connectivity index (χ0n) is 9.36. The number of hydrogen-bond acceptors (Lipinski definition) is 3. The van der Waals surface area contributed by atoms with Gasteiger partial charge in [-0.3, -0.25) is 9.64 Å². The van der Waals surface area contributed by atoms with Crippen molar-refractivity contribution in [3.8, 4) is 0 Å². The summed E-state index contributed by atoms with van der Waals surface area (Å²) < 4.78 is 39.4. The molecular weight excluding hydrogens is 235 g/mol. The van der Waals surface area contributed by atoms with Gasteiger partial charge in [0.25, 0.3) is 0 Å². The first-order chi connectivity index (χ1) is 7.96. The van der Waals surface area contributed by atoms with E-state index >= 15 is 0 Å². The van der Waals surface area contributed by atoms with Gasteiger partial charge in [0, 0.05) is 19.1 Å². The van der Waals surface area contributed by atoms with E-state index in [1.165, 1.54) is 0 Å². The number of ether oxygens (including phenoxy) is 1. The van der Waals surface area contributed by atoms with Gasteiger partial charge in [-0.2, -0.15) is 0 Å². The van der Waals surface area contributed by atoms with Gasteiger partial charge in [0.2, 0.25) is 0 Å². The Kier molecular flexibility index (Phi) is 2.65. The minimum atomic E-state index is -4.55. The van der Waals surface area contributed by atoms with Gasteiger partial charge >= 0.3 is 6.36 Å². The second-order valence-electron chi connectivity index (χ2n) is 5.43. The van der Waals surface area contributed by atoms with Crippen LogP contribution in [0.1, 0.15) is 12.8 Å². The summed E-state index contributed by atoms with van der Waals surface area (Å²) in [5.74, 6) is 1.46. The van der Waals surface area contributed by atoms with Crippen LogP contribution in [0.4, 0.5) is 13.2 Å². The Hall–Kier alpha value is -0.330. The molecular formula is C11H16F3NO2. The fourth-order valence-electron chi connectivity index (χ4n) is 4.07. The number of hydrogen-bond donors (Lipinski definition) is 1. The summed E-state index contributed by atoms with van der Waals surface area (Å²) >= 11 is 0. The quantitative estimate of drug-likeness (QED) is 0.818. The van der Waals surface area contributed by atoms with Crippen LogP contribution in [-0.2, 0) is 4.74 Å². The molecule has 2 bridgehead atoms. The number of aliphatic hydroxyl groups is 1. The van der Waals surface area contributed by atoms with Crippen molar-refractivity contribution in [2.45, 2.75) is 31.3 Å². The van der Waals surface area contributed by atoms with Crippen molar-refractivity contribution < 1.29 is 23.0 Å². The summed E-state index contributed by atoms with van der Waals surface area (Å²) in [4.78, 5) is 1.98. The molecule has 3 nitrogen and oxygen atoms in total. The largest absolute Gasteiger partial charge is 0.522 e. The molecule has 98 valence electrons. The van der Waals surface area contributed by atoms with Gasteiger partial charge in [-0.25, -0.2) is 0 Å². The van der Waals surface area contributed by atoms with Crippen LogP contribution >= 0.6 is 0 Å². The van der Waals surface area contributed by atoms with Crippen LogP contribution in [0.2, 0.25) is 0 Å². The zero-order chi connectivity index (χ0) is 12.2. The first kappa shape index (κ1) is 11.7. The van der Waals surface area contributed by atoms with Crippen molar-refractivity contribution in [3.63, 3.8) is 0 Å². The summed E-state index contributed by atoms with van der Waals surface area (Å²) in [6, 6.07) is 0.0792. The fraction of sp³-hybridized carbons (Fsp3) is 1.00. The topological polar surface area (TPSA) is 32.7 Å². The molecule has 3 rings (SSSR count). The maximum atomic E-state index is 11.9. The minimum Gasteiger partial charge on any atom is -0.391 e. The van der Waals surface area contributed by atoms with Gasteiger partial charge in [0.1, 0.15) is 0 Å². The average molecular weight is 251 g/mol. The van der Waals surface area contributed by atoms with Crippen LogP contribution in [0.25, 0.3) is 0 Å². The Morgan fingerprint density at radius 1 is 1.24 bits per heavy atom. The van der Waals surface area contributed by atoms with E-state index in [1.807, 2.05) is 4.90 Å². The fourth-order valence-corrected chi connectivity index (χ4v) is 4.07. The van der Waals surface area contributed by atoms with Gasteiger partial charge in [0.15, 0.2) is 0 Å². The molecule has 0 aromatic rings. The van der Waals surface area contributed by atoms with Crippen LogP contribution in [-0.4, -0.2) is 48.2 Å². The summed E-state index contributed by atoms with van der Waals surface area (Å²) in [6.07, 6.45) is -2.80. The average Bonchev–Trinajstić information content (AvgIpc) is 2.76. The first-order valence-corrected chi connectivity index (χ1v) is 6.08. The first-order valence-electron chi connectivity index (χ1n) is 6.08. The third-order valence-electron chi connectivity index (χ3n) is 4.59. The molecule has 0 amide bonds. The Labute approximate surface area is 97.5 Å². The highest BCUT2D eigenvalue weighted by atomic mass is 19.4. The van der Waals surface area contributed by atoms with Gasteiger partial charge in [-0.15, -0.1) is 13.2 Å². The number of halogens is 3. The van der Waals surface area contributed by atoms with E-state index in [-0.39, 0.29) is 25.3 Å². The molecule has 1 saturated heterocycles. The molecule has 0 spiro atoms. The van der Waals surface area contributed by atoms with Gasteiger partial charge < -0.3 is 5.11 Å². The van der Waals surface area contributed by atoms with E-state index in [4.69, 9.17) is 0 Å². The molecule has 0 radical (unpaired) electrons. The van der Waals surface area contributed by atoms with E-state index in [2.05, 4.69) is 4.74 Å². The second-order valence-corrected chi connectivity index (χ2v) is 5.43. The molecule has 17 heavy (non-hydrogen) atoms. The highest BCUT2D eigenvalue weighted by molar-refractivity contribution is 5.10. The van der Waals surface area contributed by atoms with Crippen molar-refractivity contribution in [2.75, 3.05) is 19.7 Å². The van der Waals surface area contributed by atoms with E-state index in [0.717, 1.165) is 19.4 Å². The van der Waals surface area contributed by atoms with E-state index in [1.54, 1.807) is 0 Å².